The zero-order valence-electron chi connectivity index (χ0n) is 45.2. The van der Waals surface area contributed by atoms with Crippen LogP contribution in [0, 0.1) is 12.3 Å². The van der Waals surface area contributed by atoms with Crippen molar-refractivity contribution in [3.8, 4) is 10.4 Å². The maximum atomic E-state index is 14.1. The molecule has 414 valence electrons. The molecular weight excluding hydrogens is 1020 g/mol. The molecule has 2 aliphatic heterocycles. The summed E-state index contributed by atoms with van der Waals surface area (Å²) in [5.74, 6) is -0.209. The number of nitrogens with zero attached hydrogens (tertiary/aromatic N) is 5. The molecule has 0 saturated carbocycles. The van der Waals surface area contributed by atoms with Crippen LogP contribution in [0.1, 0.15) is 155 Å². The smallest absolute Gasteiger partial charge is 0.246 e. The minimum Gasteiger partial charge on any atom is -0.391 e. The molecule has 2 aliphatic rings. The molecule has 0 radical (unpaired) electrons. The summed E-state index contributed by atoms with van der Waals surface area (Å²) in [7, 11) is 0. The van der Waals surface area contributed by atoms with Gasteiger partial charge in [-0.2, -0.15) is 0 Å². The van der Waals surface area contributed by atoms with E-state index in [0.717, 1.165) is 99.0 Å². The lowest BCUT2D eigenvalue weighted by atomic mass is 9.85. The number of nitrogen functional groups attached to an aromatic ring is 1. The molecule has 9 N–H and O–H groups in total. The topological polar surface area (TPSA) is 251 Å². The number of aliphatic hydroxyl groups excluding tert-OH is 1. The Morgan fingerprint density at radius 1 is 0.882 bits per heavy atom. The molecule has 0 aliphatic carbocycles. The number of amides is 5. The molecular formula is C56H80ClN11O6S2. The third kappa shape index (κ3) is 17.9. The molecule has 4 heterocycles. The Kier molecular flexibility index (Phi) is 22.3. The molecule has 0 spiro atoms. The lowest BCUT2D eigenvalue weighted by Gasteiger charge is -2.37. The van der Waals surface area contributed by atoms with Crippen molar-refractivity contribution < 1.29 is 29.1 Å². The van der Waals surface area contributed by atoms with Crippen molar-refractivity contribution in [2.24, 2.45) is 11.1 Å². The normalized spacial score (nSPS) is 17.2. The molecule has 2 saturated heterocycles. The molecule has 0 bridgehead atoms. The number of hydrogen-bond donors (Lipinski definition) is 7. The second kappa shape index (κ2) is 28.3. The first kappa shape index (κ1) is 59.9. The number of aryl methyl sites for hydroxylation is 1. The van der Waals surface area contributed by atoms with Gasteiger partial charge in [-0.15, -0.1) is 11.3 Å². The number of hydrogen-bond acceptors (Lipinski definition) is 14. The van der Waals surface area contributed by atoms with Crippen molar-refractivity contribution in [3.05, 3.63) is 70.5 Å². The predicted octanol–water partition coefficient (Wildman–Crippen LogP) is 9.11. The van der Waals surface area contributed by atoms with Crippen LogP contribution in [0.4, 0.5) is 17.3 Å². The monoisotopic (exact) mass is 1100 g/mol. The van der Waals surface area contributed by atoms with Crippen molar-refractivity contribution in [2.75, 3.05) is 42.1 Å². The number of anilines is 3. The second-order valence-corrected chi connectivity index (χ2v) is 24.1. The number of benzene rings is 2. The Morgan fingerprint density at radius 3 is 2.17 bits per heavy atom. The van der Waals surface area contributed by atoms with E-state index in [-0.39, 0.29) is 66.9 Å². The third-order valence-electron chi connectivity index (χ3n) is 14.2. The van der Waals surface area contributed by atoms with E-state index in [1.165, 1.54) is 16.7 Å². The number of thiazole rings is 1. The Balaban J connectivity index is 0.790. The van der Waals surface area contributed by atoms with E-state index < -0.39 is 23.6 Å². The standard InChI is InChI=1S/C56H80ClN11O6S2/c1-36(38-23-25-39(26-24-38)49-37(2)62-35-75-49)63-52(73)42-32-40(69)34-68(42)54(74)50(55(3,4)5)66-47(72)20-14-12-10-8-7-9-11-13-15-29-60-45(70)21-17-22-46(71)64-41-18-16-19-43(48(41)57)76-53-51(58)65-44(33-61-53)67-30-27-56(6,59)28-31-67/h16,18-19,23-26,33,35-36,40,42,50,69H,7-15,17,20-22,27-32,34,59H2,1-6H3,(H2,58,65)(H,60,70)(H,63,73)(H,64,71)(H,66,72). The number of β-amino-alcohol motifs (C(OH)–C–C–N with tert-alkyl or cyclic N) is 1. The number of carbonyl (C=O) groups excluding carboxylic acids is 5. The summed E-state index contributed by atoms with van der Waals surface area (Å²) in [5.41, 5.74) is 17.0. The quantitative estimate of drug-likeness (QED) is 0.0290. The first-order valence-electron chi connectivity index (χ1n) is 27.0. The number of nitrogens with one attached hydrogen (secondary N) is 4. The van der Waals surface area contributed by atoms with Crippen molar-refractivity contribution in [1.29, 1.82) is 0 Å². The fourth-order valence-corrected chi connectivity index (χ4v) is 11.4. The summed E-state index contributed by atoms with van der Waals surface area (Å²) < 4.78 is 0. The molecule has 20 heteroatoms. The minimum atomic E-state index is -0.864. The van der Waals surface area contributed by atoms with Crippen molar-refractivity contribution in [2.45, 2.75) is 184 Å². The lowest BCUT2D eigenvalue weighted by molar-refractivity contribution is -0.144. The van der Waals surface area contributed by atoms with Crippen molar-refractivity contribution in [3.63, 3.8) is 0 Å². The molecule has 5 amide bonds. The predicted molar refractivity (Wildman–Crippen MR) is 304 cm³/mol. The number of halogens is 1. The van der Waals surface area contributed by atoms with Gasteiger partial charge in [0.05, 0.1) is 45.1 Å². The Morgan fingerprint density at radius 2 is 1.53 bits per heavy atom. The van der Waals surface area contributed by atoms with E-state index in [0.29, 0.717) is 58.1 Å². The highest BCUT2D eigenvalue weighted by molar-refractivity contribution is 7.99. The number of unbranched alkanes of at least 4 members (excludes halogenated alkanes) is 8. The Hall–Kier alpha value is -5.34. The highest BCUT2D eigenvalue weighted by Crippen LogP contribution is 2.39. The number of carbonyl (C=O) groups is 5. The van der Waals surface area contributed by atoms with E-state index in [9.17, 15) is 29.1 Å². The van der Waals surface area contributed by atoms with Gasteiger partial charge in [0, 0.05) is 62.3 Å². The van der Waals surface area contributed by atoms with E-state index in [4.69, 9.17) is 23.1 Å². The Bertz CT molecular complexity index is 2580. The zero-order chi connectivity index (χ0) is 55.0. The van der Waals surface area contributed by atoms with Gasteiger partial charge < -0.3 is 47.6 Å². The summed E-state index contributed by atoms with van der Waals surface area (Å²) in [6.07, 6.45) is 12.7. The van der Waals surface area contributed by atoms with Crippen LogP contribution in [0.25, 0.3) is 10.4 Å². The SMILES string of the molecule is Cc1ncsc1-c1ccc(C(C)NC(=O)C2CC(O)CN2C(=O)C(NC(=O)CCCCCCCCCCCNC(=O)CCCC(=O)Nc2cccc(Sc3ncc(N4CCC(C)(N)CC4)nc3N)c2Cl)C(C)(C)C)cc1. The zero-order valence-corrected chi connectivity index (χ0v) is 47.6. The van der Waals surface area contributed by atoms with Crippen LogP contribution >= 0.6 is 34.7 Å². The minimum absolute atomic E-state index is 0.0211. The molecule has 6 rings (SSSR count). The first-order chi connectivity index (χ1) is 36.2. The molecule has 4 unspecified atom stereocenters. The average molecular weight is 1100 g/mol. The van der Waals surface area contributed by atoms with Crippen molar-refractivity contribution >= 4 is 81.6 Å². The van der Waals surface area contributed by atoms with Gasteiger partial charge in [-0.25, -0.2) is 15.0 Å². The summed E-state index contributed by atoms with van der Waals surface area (Å²) in [6, 6.07) is 11.3. The van der Waals surface area contributed by atoms with Gasteiger partial charge >= 0.3 is 0 Å². The number of aliphatic hydroxyl groups is 1. The molecule has 2 aromatic heterocycles. The number of likely N-dealkylation sites (tertiary alicyclic amines) is 1. The van der Waals surface area contributed by atoms with Gasteiger partial charge in [0.2, 0.25) is 29.5 Å². The van der Waals surface area contributed by atoms with Crippen molar-refractivity contribution in [1.82, 2.24) is 35.8 Å². The van der Waals surface area contributed by atoms with Gasteiger partial charge in [-0.05, 0) is 81.5 Å². The Labute approximate surface area is 462 Å². The number of nitrogens with two attached hydrogens (primary N) is 2. The maximum Gasteiger partial charge on any atom is 0.246 e. The van der Waals surface area contributed by atoms with Gasteiger partial charge in [0.15, 0.2) is 5.82 Å². The molecule has 17 nitrogen and oxygen atoms in total. The van der Waals surface area contributed by atoms with Crippen LogP contribution in [-0.4, -0.2) is 104 Å². The van der Waals surface area contributed by atoms with Crippen LogP contribution < -0.4 is 37.6 Å². The van der Waals surface area contributed by atoms with Crippen LogP contribution in [-0.2, 0) is 24.0 Å². The lowest BCUT2D eigenvalue weighted by Crippen LogP contribution is -2.57. The van der Waals surface area contributed by atoms with E-state index in [1.807, 2.05) is 70.5 Å². The van der Waals surface area contributed by atoms with Gasteiger partial charge in [0.1, 0.15) is 22.9 Å². The maximum absolute atomic E-state index is 14.1. The molecule has 4 atom stereocenters. The number of rotatable bonds is 26. The fraction of sp³-hybridized carbons (Fsp3) is 0.571. The summed E-state index contributed by atoms with van der Waals surface area (Å²) in [6.45, 7) is 13.8. The molecule has 4 aromatic rings. The van der Waals surface area contributed by atoms with Crippen LogP contribution in [0.15, 0.2) is 64.1 Å². The molecule has 2 fully saturated rings. The molecule has 2 aromatic carbocycles. The van der Waals surface area contributed by atoms with Gasteiger partial charge in [0.25, 0.3) is 0 Å². The van der Waals surface area contributed by atoms with Gasteiger partial charge in [-0.3, -0.25) is 24.0 Å². The van der Waals surface area contributed by atoms with E-state index >= 15 is 0 Å². The van der Waals surface area contributed by atoms with Crippen LogP contribution in [0.5, 0.6) is 0 Å². The highest BCUT2D eigenvalue weighted by Gasteiger charge is 2.44. The second-order valence-electron chi connectivity index (χ2n) is 21.8. The largest absolute Gasteiger partial charge is 0.391 e. The summed E-state index contributed by atoms with van der Waals surface area (Å²) in [5, 5.41) is 23.4. The van der Waals surface area contributed by atoms with E-state index in [1.54, 1.807) is 29.7 Å². The van der Waals surface area contributed by atoms with Gasteiger partial charge in [-0.1, -0.05) is 119 Å². The average Bonchev–Trinajstić information content (AvgIpc) is 4.00. The summed E-state index contributed by atoms with van der Waals surface area (Å²) in [4.78, 5) is 85.1. The highest BCUT2D eigenvalue weighted by atomic mass is 35.5. The fourth-order valence-electron chi connectivity index (χ4n) is 9.49. The van der Waals surface area contributed by atoms with Crippen LogP contribution in [0.2, 0.25) is 5.02 Å². The third-order valence-corrected chi connectivity index (χ3v) is 16.8. The number of piperidine rings is 1. The molecule has 76 heavy (non-hydrogen) atoms. The number of aromatic nitrogens is 3. The summed E-state index contributed by atoms with van der Waals surface area (Å²) >= 11 is 9.57. The first-order valence-corrected chi connectivity index (χ1v) is 29.0. The van der Waals surface area contributed by atoms with Crippen LogP contribution in [0.3, 0.4) is 0 Å². The van der Waals surface area contributed by atoms with E-state index in [2.05, 4.69) is 48.0 Å².